The van der Waals surface area contributed by atoms with E-state index in [0.717, 1.165) is 18.6 Å². The van der Waals surface area contributed by atoms with Crippen LogP contribution in [0.5, 0.6) is 0 Å². The molecule has 2 aliphatic rings. The Morgan fingerprint density at radius 2 is 2.00 bits per heavy atom. The second kappa shape index (κ2) is 8.44. The van der Waals surface area contributed by atoms with Crippen LogP contribution in [0.4, 0.5) is 4.79 Å². The second-order valence-electron chi connectivity index (χ2n) is 6.62. The number of hydrogen-bond acceptors (Lipinski definition) is 4. The summed E-state index contributed by atoms with van der Waals surface area (Å²) in [4.78, 5) is 34.9. The van der Waals surface area contributed by atoms with Crippen molar-refractivity contribution in [2.75, 3.05) is 5.75 Å². The number of benzene rings is 1. The Balaban J connectivity index is 1.40. The second-order valence-corrected chi connectivity index (χ2v) is 7.89. The maximum Gasteiger partial charge on any atom is 0.330 e. The summed E-state index contributed by atoms with van der Waals surface area (Å²) in [6.45, 7) is 0. The highest BCUT2D eigenvalue weighted by atomic mass is 32.2. The Hall–Kier alpha value is -2.22. The third-order valence-electron chi connectivity index (χ3n) is 4.77. The zero-order valence-corrected chi connectivity index (χ0v) is 15.1. The highest BCUT2D eigenvalue weighted by Gasteiger charge is 2.42. The molecule has 4 N–H and O–H groups in total. The van der Waals surface area contributed by atoms with E-state index in [1.165, 1.54) is 0 Å². The molecule has 0 bridgehead atoms. The average molecular weight is 377 g/mol. The normalized spacial score (nSPS) is 25.1. The van der Waals surface area contributed by atoms with Crippen LogP contribution in [0, 0.1) is 0 Å². The molecule has 2 saturated heterocycles. The minimum atomic E-state index is -1.07. The lowest BCUT2D eigenvalue weighted by molar-refractivity contribution is -0.142. The fourth-order valence-corrected chi connectivity index (χ4v) is 4.98. The molecule has 2 fully saturated rings. The summed E-state index contributed by atoms with van der Waals surface area (Å²) in [5, 5.41) is 18.2. The number of carboxylic acid groups (broad SMARTS) is 1. The first kappa shape index (κ1) is 18.6. The fraction of sp³-hybridized carbons (Fsp3) is 0.500. The number of thioether (sulfide) groups is 1. The van der Waals surface area contributed by atoms with Gasteiger partial charge in [-0.2, -0.15) is 11.8 Å². The molecule has 3 rings (SSSR count). The molecule has 4 atom stereocenters. The molecule has 7 nitrogen and oxygen atoms in total. The van der Waals surface area contributed by atoms with Gasteiger partial charge in [-0.3, -0.25) is 4.79 Å². The molecule has 0 aliphatic carbocycles. The summed E-state index contributed by atoms with van der Waals surface area (Å²) in [6.07, 6.45) is 2.80. The maximum absolute atomic E-state index is 12.1. The fourth-order valence-electron chi connectivity index (χ4n) is 3.44. The lowest BCUT2D eigenvalue weighted by Gasteiger charge is -2.17. The zero-order valence-electron chi connectivity index (χ0n) is 14.3. The van der Waals surface area contributed by atoms with Crippen molar-refractivity contribution in [3.05, 3.63) is 35.9 Å². The largest absolute Gasteiger partial charge is 0.479 e. The number of urea groups is 1. The minimum absolute atomic E-state index is 0.0923. The topological polar surface area (TPSA) is 108 Å². The predicted molar refractivity (Wildman–Crippen MR) is 98.9 cm³/mol. The molecule has 0 saturated carbocycles. The molecular weight excluding hydrogens is 354 g/mol. The molecule has 26 heavy (non-hydrogen) atoms. The molecule has 1 aromatic rings. The van der Waals surface area contributed by atoms with E-state index in [-0.39, 0.29) is 24.0 Å². The maximum atomic E-state index is 12.1. The van der Waals surface area contributed by atoms with Crippen molar-refractivity contribution in [1.82, 2.24) is 16.0 Å². The third-order valence-corrected chi connectivity index (χ3v) is 6.27. The van der Waals surface area contributed by atoms with Crippen LogP contribution < -0.4 is 16.0 Å². The minimum Gasteiger partial charge on any atom is -0.479 e. The molecule has 2 heterocycles. The smallest absolute Gasteiger partial charge is 0.330 e. The van der Waals surface area contributed by atoms with Crippen molar-refractivity contribution >= 4 is 29.7 Å². The van der Waals surface area contributed by atoms with Crippen LogP contribution in [0.1, 0.15) is 37.3 Å². The lowest BCUT2D eigenvalue weighted by atomic mass is 10.0. The van der Waals surface area contributed by atoms with Crippen LogP contribution in [0.25, 0.3) is 0 Å². The van der Waals surface area contributed by atoms with Gasteiger partial charge in [-0.25, -0.2) is 9.59 Å². The standard InChI is InChI=1S/C18H23N3O4S/c22-14(20-15(17(23)24)11-6-2-1-3-7-11)9-5-4-8-13-16-12(10-26-13)19-18(25)21-16/h1-3,6-7,12-13,15-16H,4-5,8-10H2,(H,20,22)(H,23,24)(H2,19,21,25)/t12-,13-,15+,16-/m0/s1. The highest BCUT2D eigenvalue weighted by Crippen LogP contribution is 2.33. The van der Waals surface area contributed by atoms with Gasteiger partial charge in [-0.1, -0.05) is 36.8 Å². The quantitative estimate of drug-likeness (QED) is 0.407. The Kier molecular flexibility index (Phi) is 6.03. The number of fused-ring (bicyclic) bond motifs is 1. The predicted octanol–water partition coefficient (Wildman–Crippen LogP) is 1.65. The number of rotatable bonds is 8. The number of nitrogens with one attached hydrogen (secondary N) is 3. The van der Waals surface area contributed by atoms with E-state index < -0.39 is 12.0 Å². The highest BCUT2D eigenvalue weighted by molar-refractivity contribution is 8.00. The summed E-state index contributed by atoms with van der Waals surface area (Å²) in [7, 11) is 0. The van der Waals surface area contributed by atoms with Gasteiger partial charge in [0.2, 0.25) is 5.91 Å². The first-order chi connectivity index (χ1) is 12.5. The van der Waals surface area contributed by atoms with Gasteiger partial charge in [-0.15, -0.1) is 0 Å². The molecule has 8 heteroatoms. The first-order valence-corrected chi connectivity index (χ1v) is 9.85. The van der Waals surface area contributed by atoms with Crippen molar-refractivity contribution in [2.45, 2.75) is 49.1 Å². The molecule has 140 valence electrons. The van der Waals surface area contributed by atoms with E-state index in [2.05, 4.69) is 16.0 Å². The number of carbonyl (C=O) groups is 3. The van der Waals surface area contributed by atoms with Crippen LogP contribution in [0.15, 0.2) is 30.3 Å². The van der Waals surface area contributed by atoms with Gasteiger partial charge in [0, 0.05) is 17.4 Å². The zero-order chi connectivity index (χ0) is 18.5. The monoisotopic (exact) mass is 377 g/mol. The molecule has 0 unspecified atom stereocenters. The number of hydrogen-bond donors (Lipinski definition) is 4. The first-order valence-electron chi connectivity index (χ1n) is 8.80. The summed E-state index contributed by atoms with van der Waals surface area (Å²) in [6, 6.07) is 7.96. The molecule has 0 aromatic heterocycles. The molecule has 0 radical (unpaired) electrons. The molecule has 2 aliphatic heterocycles. The number of amides is 3. The van der Waals surface area contributed by atoms with Gasteiger partial charge in [0.05, 0.1) is 12.1 Å². The summed E-state index contributed by atoms with van der Waals surface area (Å²) >= 11 is 1.85. The van der Waals surface area contributed by atoms with Gasteiger partial charge in [-0.05, 0) is 18.4 Å². The molecular formula is C18H23N3O4S. The number of unbranched alkanes of at least 4 members (excludes halogenated alkanes) is 1. The summed E-state index contributed by atoms with van der Waals surface area (Å²) in [5.41, 5.74) is 0.561. The van der Waals surface area contributed by atoms with Crippen LogP contribution in [0.2, 0.25) is 0 Å². The van der Waals surface area contributed by atoms with Gasteiger partial charge < -0.3 is 21.1 Å². The Bertz CT molecular complexity index is 670. The summed E-state index contributed by atoms with van der Waals surface area (Å²) < 4.78 is 0. The Labute approximate surface area is 156 Å². The summed E-state index contributed by atoms with van der Waals surface area (Å²) in [5.74, 6) is -0.400. The van der Waals surface area contributed by atoms with Gasteiger partial charge in [0.1, 0.15) is 0 Å². The van der Waals surface area contributed by atoms with Gasteiger partial charge in [0.25, 0.3) is 0 Å². The van der Waals surface area contributed by atoms with E-state index >= 15 is 0 Å². The van der Waals surface area contributed by atoms with Crippen LogP contribution >= 0.6 is 11.8 Å². The lowest BCUT2D eigenvalue weighted by Crippen LogP contribution is -2.36. The van der Waals surface area contributed by atoms with Crippen molar-refractivity contribution in [3.63, 3.8) is 0 Å². The van der Waals surface area contributed by atoms with Crippen molar-refractivity contribution in [1.29, 1.82) is 0 Å². The van der Waals surface area contributed by atoms with Crippen molar-refractivity contribution in [3.8, 4) is 0 Å². The molecule has 1 aromatic carbocycles. The molecule has 0 spiro atoms. The van der Waals surface area contributed by atoms with E-state index in [9.17, 15) is 19.5 Å². The van der Waals surface area contributed by atoms with Crippen LogP contribution in [0.3, 0.4) is 0 Å². The van der Waals surface area contributed by atoms with Crippen LogP contribution in [-0.4, -0.2) is 46.1 Å². The van der Waals surface area contributed by atoms with Gasteiger partial charge >= 0.3 is 12.0 Å². The van der Waals surface area contributed by atoms with E-state index in [4.69, 9.17) is 0 Å². The SMILES string of the molecule is O=C(CCCC[C@@H]1SC[C@@H]2NC(=O)N[C@@H]21)N[C@@H](C(=O)O)c1ccccc1. The average Bonchev–Trinajstić information content (AvgIpc) is 3.16. The Morgan fingerprint density at radius 1 is 1.23 bits per heavy atom. The van der Waals surface area contributed by atoms with E-state index in [1.807, 2.05) is 11.8 Å². The van der Waals surface area contributed by atoms with Crippen molar-refractivity contribution < 1.29 is 19.5 Å². The van der Waals surface area contributed by atoms with Crippen molar-refractivity contribution in [2.24, 2.45) is 0 Å². The van der Waals surface area contributed by atoms with E-state index in [0.29, 0.717) is 23.7 Å². The van der Waals surface area contributed by atoms with Gasteiger partial charge in [0.15, 0.2) is 6.04 Å². The number of aliphatic carboxylic acids is 1. The molecule has 3 amide bonds. The Morgan fingerprint density at radius 3 is 2.73 bits per heavy atom. The third kappa shape index (κ3) is 4.49. The van der Waals surface area contributed by atoms with E-state index in [1.54, 1.807) is 30.3 Å². The number of carboxylic acids is 1. The van der Waals surface area contributed by atoms with Crippen LogP contribution in [-0.2, 0) is 9.59 Å². The number of carbonyl (C=O) groups excluding carboxylic acids is 2.